The number of H-pyrrole nitrogens is 1. The largest absolute Gasteiger partial charge is 0.392 e. The van der Waals surface area contributed by atoms with Gasteiger partial charge in [-0.25, -0.2) is 0 Å². The van der Waals surface area contributed by atoms with Crippen LogP contribution in [-0.2, 0) is 6.42 Å². The van der Waals surface area contributed by atoms with Crippen LogP contribution in [0.5, 0.6) is 0 Å². The van der Waals surface area contributed by atoms with Crippen molar-refractivity contribution in [2.24, 2.45) is 0 Å². The summed E-state index contributed by atoms with van der Waals surface area (Å²) in [6.45, 7) is 1.77. The number of aryl methyl sites for hydroxylation is 1. The van der Waals surface area contributed by atoms with Crippen LogP contribution in [0.15, 0.2) is 30.0 Å². The normalized spacial score (nSPS) is 16.9. The second-order valence-corrected chi connectivity index (χ2v) is 9.53. The number of nitriles is 1. The molecule has 1 saturated heterocycles. The topological polar surface area (TPSA) is 80.6 Å². The fourth-order valence-corrected chi connectivity index (χ4v) is 5.33. The molecule has 1 fully saturated rings. The maximum absolute atomic E-state index is 14.6. The van der Waals surface area contributed by atoms with Crippen LogP contribution in [0.4, 0.5) is 27.6 Å². The van der Waals surface area contributed by atoms with Crippen molar-refractivity contribution in [2.75, 3.05) is 31.6 Å². The molecule has 11 heteroatoms. The number of fused-ring (bicyclic) bond motifs is 3. The van der Waals surface area contributed by atoms with Gasteiger partial charge in [-0.05, 0) is 48.9 Å². The fraction of sp³-hybridized carbons (Fsp3) is 0.423. The SMILES string of the molecule is N#Cc1cc(NC2CN(CCCF)C2)cnc1C1=C(CC(F)(F)F)CCCc2c1ccc1[nH]nc(F)c21. The van der Waals surface area contributed by atoms with Gasteiger partial charge in [0.05, 0.1) is 53.2 Å². The molecule has 1 aliphatic carbocycles. The maximum atomic E-state index is 14.6. The number of pyridine rings is 1. The summed E-state index contributed by atoms with van der Waals surface area (Å²) in [5.74, 6) is -0.709. The summed E-state index contributed by atoms with van der Waals surface area (Å²) in [5.41, 5.74) is 2.69. The Morgan fingerprint density at radius 1 is 1.22 bits per heavy atom. The first-order valence-corrected chi connectivity index (χ1v) is 12.2. The van der Waals surface area contributed by atoms with Gasteiger partial charge in [-0.15, -0.1) is 5.10 Å². The highest BCUT2D eigenvalue weighted by molar-refractivity contribution is 5.93. The minimum atomic E-state index is -4.46. The zero-order chi connectivity index (χ0) is 26.2. The summed E-state index contributed by atoms with van der Waals surface area (Å²) >= 11 is 0. The van der Waals surface area contributed by atoms with Crippen LogP contribution in [0, 0.1) is 17.3 Å². The van der Waals surface area contributed by atoms with Crippen molar-refractivity contribution in [2.45, 2.75) is 44.3 Å². The number of aromatic nitrogens is 3. The maximum Gasteiger partial charge on any atom is 0.392 e. The highest BCUT2D eigenvalue weighted by Crippen LogP contribution is 2.42. The zero-order valence-corrected chi connectivity index (χ0v) is 19.9. The van der Waals surface area contributed by atoms with E-state index in [2.05, 4.69) is 31.5 Å². The third kappa shape index (κ3) is 5.16. The molecule has 0 amide bonds. The molecular formula is C26H25F5N6. The number of hydrogen-bond acceptors (Lipinski definition) is 5. The van der Waals surface area contributed by atoms with Crippen LogP contribution in [0.3, 0.4) is 0 Å². The van der Waals surface area contributed by atoms with E-state index < -0.39 is 18.5 Å². The number of nitrogens with zero attached hydrogens (tertiary/aromatic N) is 4. The van der Waals surface area contributed by atoms with Crippen molar-refractivity contribution < 1.29 is 22.0 Å². The number of rotatable bonds is 7. The van der Waals surface area contributed by atoms with Gasteiger partial charge in [0, 0.05) is 25.2 Å². The Kier molecular flexibility index (Phi) is 6.86. The van der Waals surface area contributed by atoms with Crippen molar-refractivity contribution in [3.8, 4) is 6.07 Å². The van der Waals surface area contributed by atoms with Gasteiger partial charge in [0.2, 0.25) is 5.95 Å². The molecular weight excluding hydrogens is 491 g/mol. The molecule has 0 radical (unpaired) electrons. The standard InChI is InChI=1S/C26H25F5N6/c27-7-2-8-37-13-18(14-37)34-17-9-16(11-32)24(33-12-17)22-15(10-26(29,30)31)3-1-4-19-20(22)5-6-21-23(19)25(28)36-35-21/h5-6,9,12,18,34H,1-4,7-8,10,13-14H2,(H,35,36). The van der Waals surface area contributed by atoms with E-state index in [-0.39, 0.29) is 46.9 Å². The summed E-state index contributed by atoms with van der Waals surface area (Å²) < 4.78 is 67.8. The second-order valence-electron chi connectivity index (χ2n) is 9.53. The van der Waals surface area contributed by atoms with Crippen molar-refractivity contribution in [1.29, 1.82) is 5.26 Å². The van der Waals surface area contributed by atoms with Crippen molar-refractivity contribution in [1.82, 2.24) is 20.1 Å². The van der Waals surface area contributed by atoms with Gasteiger partial charge in [-0.1, -0.05) is 11.6 Å². The Morgan fingerprint density at radius 2 is 2.03 bits per heavy atom. The Bertz CT molecular complexity index is 1380. The van der Waals surface area contributed by atoms with Gasteiger partial charge in [0.15, 0.2) is 0 Å². The van der Waals surface area contributed by atoms with E-state index in [4.69, 9.17) is 0 Å². The minimum absolute atomic E-state index is 0.106. The lowest BCUT2D eigenvalue weighted by atomic mass is 9.89. The smallest absolute Gasteiger partial charge is 0.378 e. The number of anilines is 1. The molecule has 6 nitrogen and oxygen atoms in total. The third-order valence-electron chi connectivity index (χ3n) is 6.92. The van der Waals surface area contributed by atoms with E-state index in [0.717, 1.165) is 13.1 Å². The number of likely N-dealkylation sites (tertiary alicyclic amines) is 1. The van der Waals surface area contributed by atoms with Gasteiger partial charge in [-0.3, -0.25) is 19.4 Å². The average Bonchev–Trinajstić information content (AvgIpc) is 3.12. The number of alkyl halides is 4. The summed E-state index contributed by atoms with van der Waals surface area (Å²) in [6, 6.07) is 7.04. The van der Waals surface area contributed by atoms with Crippen LogP contribution in [0.25, 0.3) is 16.5 Å². The molecule has 3 aromatic rings. The predicted molar refractivity (Wildman–Crippen MR) is 129 cm³/mol. The minimum Gasteiger partial charge on any atom is -0.378 e. The molecule has 2 aromatic heterocycles. The molecule has 1 aromatic carbocycles. The van der Waals surface area contributed by atoms with Crippen LogP contribution in [-0.4, -0.2) is 58.6 Å². The molecule has 0 saturated carbocycles. The molecule has 194 valence electrons. The zero-order valence-electron chi connectivity index (χ0n) is 19.9. The summed E-state index contributed by atoms with van der Waals surface area (Å²) in [4.78, 5) is 6.58. The quantitative estimate of drug-likeness (QED) is 0.405. The van der Waals surface area contributed by atoms with Crippen LogP contribution >= 0.6 is 0 Å². The molecule has 1 aliphatic heterocycles. The van der Waals surface area contributed by atoms with Crippen molar-refractivity contribution in [3.05, 3.63) is 58.3 Å². The van der Waals surface area contributed by atoms with Gasteiger partial charge < -0.3 is 5.32 Å². The predicted octanol–water partition coefficient (Wildman–Crippen LogP) is 5.51. The van der Waals surface area contributed by atoms with E-state index in [9.17, 15) is 27.2 Å². The number of aromatic amines is 1. The van der Waals surface area contributed by atoms with Crippen molar-refractivity contribution in [3.63, 3.8) is 0 Å². The lowest BCUT2D eigenvalue weighted by molar-refractivity contribution is -0.127. The van der Waals surface area contributed by atoms with E-state index in [1.807, 2.05) is 0 Å². The van der Waals surface area contributed by atoms with E-state index >= 15 is 0 Å². The molecule has 2 aliphatic rings. The molecule has 2 N–H and O–H groups in total. The third-order valence-corrected chi connectivity index (χ3v) is 6.92. The van der Waals surface area contributed by atoms with E-state index in [0.29, 0.717) is 48.1 Å². The lowest BCUT2D eigenvalue weighted by Gasteiger charge is -2.40. The highest BCUT2D eigenvalue weighted by atomic mass is 19.4. The number of benzene rings is 1. The first kappa shape index (κ1) is 25.1. The van der Waals surface area contributed by atoms with Crippen LogP contribution in [0.1, 0.15) is 48.1 Å². The molecule has 37 heavy (non-hydrogen) atoms. The monoisotopic (exact) mass is 516 g/mol. The molecule has 0 bridgehead atoms. The number of allylic oxidation sites excluding steroid dienone is 1. The fourth-order valence-electron chi connectivity index (χ4n) is 5.33. The Balaban J connectivity index is 1.55. The second kappa shape index (κ2) is 10.1. The Hall–Kier alpha value is -3.52. The first-order chi connectivity index (χ1) is 17.8. The number of hydrogen-bond donors (Lipinski definition) is 2. The van der Waals surface area contributed by atoms with Gasteiger partial charge in [0.25, 0.3) is 0 Å². The Morgan fingerprint density at radius 3 is 2.76 bits per heavy atom. The summed E-state index contributed by atoms with van der Waals surface area (Å²) in [5, 5.41) is 19.7. The summed E-state index contributed by atoms with van der Waals surface area (Å²) in [7, 11) is 0. The lowest BCUT2D eigenvalue weighted by Crippen LogP contribution is -2.54. The molecule has 5 rings (SSSR count). The number of nitrogens with one attached hydrogen (secondary N) is 2. The van der Waals surface area contributed by atoms with Crippen LogP contribution < -0.4 is 5.32 Å². The van der Waals surface area contributed by atoms with Gasteiger partial charge in [0.1, 0.15) is 6.07 Å². The van der Waals surface area contributed by atoms with E-state index in [1.54, 1.807) is 18.2 Å². The van der Waals surface area contributed by atoms with Gasteiger partial charge >= 0.3 is 6.18 Å². The van der Waals surface area contributed by atoms with Gasteiger partial charge in [-0.2, -0.15) is 22.8 Å². The molecule has 3 heterocycles. The summed E-state index contributed by atoms with van der Waals surface area (Å²) in [6.07, 6.45) is -2.69. The first-order valence-electron chi connectivity index (χ1n) is 12.2. The van der Waals surface area contributed by atoms with E-state index in [1.165, 1.54) is 6.20 Å². The molecule has 0 unspecified atom stereocenters. The Labute approximate surface area is 210 Å². The number of halogens is 5. The highest BCUT2D eigenvalue weighted by Gasteiger charge is 2.34. The molecule has 0 spiro atoms. The average molecular weight is 517 g/mol. The van der Waals surface area contributed by atoms with Crippen molar-refractivity contribution >= 4 is 22.2 Å². The van der Waals surface area contributed by atoms with Crippen LogP contribution in [0.2, 0.25) is 0 Å². The molecule has 0 atom stereocenters.